The monoisotopic (exact) mass is 466 g/mol. The molecule has 0 radical (unpaired) electrons. The first-order valence-corrected chi connectivity index (χ1v) is 12.1. The van der Waals surface area contributed by atoms with Crippen LogP contribution in [0.25, 0.3) is 11.6 Å². The molecule has 2 unspecified atom stereocenters. The molecule has 0 saturated heterocycles. The Morgan fingerprint density at radius 1 is 1.03 bits per heavy atom. The maximum absolute atomic E-state index is 13.4. The molecule has 1 aliphatic carbocycles. The van der Waals surface area contributed by atoms with Crippen LogP contribution in [0.1, 0.15) is 60.9 Å². The van der Waals surface area contributed by atoms with Gasteiger partial charge >= 0.3 is 0 Å². The number of aromatic amines is 1. The van der Waals surface area contributed by atoms with Crippen molar-refractivity contribution in [2.24, 2.45) is 0 Å². The highest BCUT2D eigenvalue weighted by molar-refractivity contribution is 5.82. The van der Waals surface area contributed by atoms with Crippen molar-refractivity contribution in [2.75, 3.05) is 20.6 Å². The van der Waals surface area contributed by atoms with Crippen molar-refractivity contribution in [1.29, 1.82) is 0 Å². The van der Waals surface area contributed by atoms with Crippen LogP contribution in [-0.4, -0.2) is 41.2 Å². The second kappa shape index (κ2) is 9.70. The smallest absolute Gasteiger partial charge is 0.251 e. The van der Waals surface area contributed by atoms with E-state index >= 15 is 0 Å². The van der Waals surface area contributed by atoms with Gasteiger partial charge in [-0.05, 0) is 60.3 Å². The third-order valence-electron chi connectivity index (χ3n) is 6.75. The lowest BCUT2D eigenvalue weighted by molar-refractivity contribution is 0.0664. The molecule has 0 amide bonds. The number of nitrogens with one attached hydrogen (secondary N) is 1. The quantitative estimate of drug-likeness (QED) is 0.462. The van der Waals surface area contributed by atoms with E-state index in [1.807, 2.05) is 80.8 Å². The minimum Gasteiger partial charge on any atom is -0.383 e. The number of nitrogens with zero attached hydrogens (tertiary/aromatic N) is 1. The third-order valence-corrected chi connectivity index (χ3v) is 6.75. The maximum Gasteiger partial charge on any atom is 0.251 e. The third kappa shape index (κ3) is 5.03. The summed E-state index contributed by atoms with van der Waals surface area (Å²) in [5, 5.41) is 12.8. The van der Waals surface area contributed by atoms with Crippen molar-refractivity contribution in [3.8, 4) is 0 Å². The highest BCUT2D eigenvalue weighted by Crippen LogP contribution is 2.46. The summed E-state index contributed by atoms with van der Waals surface area (Å²) in [6.45, 7) is 6.99. The Morgan fingerprint density at radius 3 is 2.40 bits per heavy atom. The van der Waals surface area contributed by atoms with E-state index in [0.29, 0.717) is 24.1 Å². The van der Waals surface area contributed by atoms with Gasteiger partial charge in [0.25, 0.3) is 5.56 Å². The molecule has 0 saturated carbocycles. The summed E-state index contributed by atoms with van der Waals surface area (Å²) in [7, 11) is 3.98. The number of benzene rings is 2. The molecule has 4 rings (SSSR count). The lowest BCUT2D eigenvalue weighted by Gasteiger charge is -2.39. The van der Waals surface area contributed by atoms with Gasteiger partial charge in [-0.1, -0.05) is 86.8 Å². The Bertz CT molecular complexity index is 1360. The molecular weight excluding hydrogens is 432 g/mol. The Hall–Kier alpha value is -3.39. The normalized spacial score (nSPS) is 15.5. The van der Waals surface area contributed by atoms with Crippen LogP contribution in [0.2, 0.25) is 0 Å². The fourth-order valence-corrected chi connectivity index (χ4v) is 4.76. The molecule has 0 bridgehead atoms. The molecule has 2 N–H and O–H groups in total. The number of aliphatic hydroxyl groups is 1. The van der Waals surface area contributed by atoms with Crippen molar-refractivity contribution in [2.45, 2.75) is 44.1 Å². The predicted molar refractivity (Wildman–Crippen MR) is 144 cm³/mol. The van der Waals surface area contributed by atoms with Gasteiger partial charge in [-0.2, -0.15) is 0 Å². The van der Waals surface area contributed by atoms with Gasteiger partial charge in [-0.25, -0.2) is 0 Å². The van der Waals surface area contributed by atoms with Crippen molar-refractivity contribution >= 4 is 11.6 Å². The van der Waals surface area contributed by atoms with Crippen LogP contribution in [0.5, 0.6) is 0 Å². The van der Waals surface area contributed by atoms with E-state index in [2.05, 4.69) is 42.1 Å². The molecule has 3 aromatic rings. The van der Waals surface area contributed by atoms with E-state index in [1.54, 1.807) is 6.20 Å². The van der Waals surface area contributed by atoms with E-state index in [-0.39, 0.29) is 11.0 Å². The topological polar surface area (TPSA) is 56.3 Å². The largest absolute Gasteiger partial charge is 0.383 e. The highest BCUT2D eigenvalue weighted by atomic mass is 16.3. The zero-order valence-corrected chi connectivity index (χ0v) is 21.2. The van der Waals surface area contributed by atoms with Gasteiger partial charge in [-0.3, -0.25) is 4.79 Å². The molecular formula is C31H34N2O2. The summed E-state index contributed by atoms with van der Waals surface area (Å²) in [6.07, 6.45) is 4.08. The van der Waals surface area contributed by atoms with Crippen LogP contribution in [0.4, 0.5) is 0 Å². The fraction of sp³-hybridized carbons (Fsp3) is 0.323. The zero-order chi connectivity index (χ0) is 25.2. The van der Waals surface area contributed by atoms with E-state index in [9.17, 15) is 9.90 Å². The number of rotatable bonds is 7. The van der Waals surface area contributed by atoms with Gasteiger partial charge in [-0.15, -0.1) is 0 Å². The van der Waals surface area contributed by atoms with Crippen molar-refractivity contribution < 1.29 is 5.11 Å². The average Bonchev–Trinajstić information content (AvgIpc) is 2.83. The van der Waals surface area contributed by atoms with Crippen LogP contribution < -0.4 is 5.56 Å². The Labute approximate surface area is 208 Å². The molecule has 0 aliphatic heterocycles. The van der Waals surface area contributed by atoms with E-state index < -0.39 is 11.5 Å². The number of fused-ring (bicyclic) bond motifs is 1. The summed E-state index contributed by atoms with van der Waals surface area (Å²) in [5.74, 6) is -0.606. The first-order valence-electron chi connectivity index (χ1n) is 12.1. The summed E-state index contributed by atoms with van der Waals surface area (Å²) in [6, 6.07) is 19.8. The highest BCUT2D eigenvalue weighted by Gasteiger charge is 2.45. The van der Waals surface area contributed by atoms with Crippen molar-refractivity contribution in [3.63, 3.8) is 0 Å². The molecule has 180 valence electrons. The summed E-state index contributed by atoms with van der Waals surface area (Å²) < 4.78 is 0. The van der Waals surface area contributed by atoms with Gasteiger partial charge in [0.1, 0.15) is 5.60 Å². The second-order valence-corrected chi connectivity index (χ2v) is 10.6. The van der Waals surface area contributed by atoms with Crippen molar-refractivity contribution in [3.05, 3.63) is 116 Å². The van der Waals surface area contributed by atoms with E-state index in [0.717, 1.165) is 22.3 Å². The van der Waals surface area contributed by atoms with Crippen LogP contribution in [-0.2, 0) is 5.41 Å². The first kappa shape index (κ1) is 24.7. The molecule has 2 aromatic carbocycles. The summed E-state index contributed by atoms with van der Waals surface area (Å²) in [4.78, 5) is 18.4. The Balaban J connectivity index is 2.03. The van der Waals surface area contributed by atoms with Crippen LogP contribution in [0.3, 0.4) is 0 Å². The van der Waals surface area contributed by atoms with Gasteiger partial charge in [0.05, 0.1) is 0 Å². The molecule has 35 heavy (non-hydrogen) atoms. The van der Waals surface area contributed by atoms with E-state index in [4.69, 9.17) is 0 Å². The molecule has 2 atom stereocenters. The van der Waals surface area contributed by atoms with Crippen molar-refractivity contribution in [1.82, 2.24) is 9.88 Å². The Morgan fingerprint density at radius 2 is 1.71 bits per heavy atom. The summed E-state index contributed by atoms with van der Waals surface area (Å²) in [5.41, 5.74) is 9.60. The molecule has 0 spiro atoms. The zero-order valence-electron chi connectivity index (χ0n) is 21.2. The van der Waals surface area contributed by atoms with Crippen LogP contribution in [0.15, 0.2) is 83.1 Å². The van der Waals surface area contributed by atoms with Gasteiger partial charge in [0.2, 0.25) is 0 Å². The minimum absolute atomic E-state index is 0.165. The molecule has 4 heteroatoms. The Kier molecular flexibility index (Phi) is 6.85. The van der Waals surface area contributed by atoms with Gasteiger partial charge < -0.3 is 15.0 Å². The lowest BCUT2D eigenvalue weighted by Crippen LogP contribution is -2.43. The number of aromatic nitrogens is 1. The SMILES string of the molecule is CN(C)CCC(O)(C1=C=C=Cc2ccccc21)C(c1ccccc1)c1cc(C(C)(C)C)c[nH]c1=O. The maximum atomic E-state index is 13.4. The molecule has 1 aliphatic rings. The van der Waals surface area contributed by atoms with Gasteiger partial charge in [0, 0.05) is 29.8 Å². The fourth-order valence-electron chi connectivity index (χ4n) is 4.76. The number of hydrogen-bond acceptors (Lipinski definition) is 3. The lowest BCUT2D eigenvalue weighted by atomic mass is 9.69. The number of hydrogen-bond donors (Lipinski definition) is 2. The predicted octanol–water partition coefficient (Wildman–Crippen LogP) is 5.35. The molecule has 0 fully saturated rings. The first-order chi connectivity index (χ1) is 16.6. The average molecular weight is 467 g/mol. The number of pyridine rings is 1. The summed E-state index contributed by atoms with van der Waals surface area (Å²) >= 11 is 0. The standard InChI is InChI=1S/C31H34N2O2/c1-30(2,3)24-20-26(29(34)32-21-24)28(23-13-7-6-8-14-23)31(35,18-19-33(4)5)27-17-11-15-22-12-9-10-16-25(22)27/h6-10,12-16,20-21,28,35H,18-19H2,1-5H3,(H,32,34). The number of H-pyrrole nitrogens is 1. The minimum atomic E-state index is -1.41. The second-order valence-electron chi connectivity index (χ2n) is 10.6. The van der Waals surface area contributed by atoms with Gasteiger partial charge in [0.15, 0.2) is 0 Å². The molecule has 4 nitrogen and oxygen atoms in total. The molecule has 1 aromatic heterocycles. The molecule has 1 heterocycles. The van der Waals surface area contributed by atoms with Crippen LogP contribution in [0, 0.1) is 0 Å². The van der Waals surface area contributed by atoms with Crippen LogP contribution >= 0.6 is 0 Å². The van der Waals surface area contributed by atoms with E-state index in [1.165, 1.54) is 0 Å².